The number of carbonyl (C=O) groups excluding carboxylic acids is 1. The lowest BCUT2D eigenvalue weighted by atomic mass is 9.99. The summed E-state index contributed by atoms with van der Waals surface area (Å²) in [7, 11) is -3.01. The molecule has 1 aliphatic heterocycles. The summed E-state index contributed by atoms with van der Waals surface area (Å²) in [5.74, 6) is -0.0387. The molecule has 1 aromatic carbocycles. The van der Waals surface area contributed by atoms with Gasteiger partial charge in [-0.2, -0.15) is 0 Å². The maximum absolute atomic E-state index is 14.3. The summed E-state index contributed by atoms with van der Waals surface area (Å²) in [6.45, 7) is 14.5. The fourth-order valence-electron chi connectivity index (χ4n) is 3.64. The standard InChI is InChI=1S/C23H39N2O3P/c1-7-23(6,8-2)29(27,28-18-22(3,4)5)25-16-14-20(15-17-25)24-21(26)19-12-10-9-11-13-19/h9-13,20H,7-8,14-18H2,1-6H3,(H,24,26). The fourth-order valence-corrected chi connectivity index (χ4v) is 6.92. The number of rotatable bonds is 8. The average Bonchev–Trinajstić information content (AvgIpc) is 2.72. The van der Waals surface area contributed by atoms with Gasteiger partial charge in [-0.3, -0.25) is 9.36 Å². The molecule has 2 rings (SSSR count). The maximum atomic E-state index is 14.3. The maximum Gasteiger partial charge on any atom is 0.278 e. The minimum atomic E-state index is -3.01. The van der Waals surface area contributed by atoms with E-state index in [-0.39, 0.29) is 22.5 Å². The van der Waals surface area contributed by atoms with Crippen LogP contribution in [-0.4, -0.2) is 41.5 Å². The number of hydrogen-bond acceptors (Lipinski definition) is 3. The third kappa shape index (κ3) is 5.93. The lowest BCUT2D eigenvalue weighted by molar-refractivity contribution is 0.0918. The van der Waals surface area contributed by atoms with E-state index in [9.17, 15) is 9.36 Å². The zero-order chi connectivity index (χ0) is 21.7. The first kappa shape index (κ1) is 24.1. The largest absolute Gasteiger partial charge is 0.349 e. The van der Waals surface area contributed by atoms with Gasteiger partial charge in [-0.25, -0.2) is 4.67 Å². The van der Waals surface area contributed by atoms with Gasteiger partial charge >= 0.3 is 0 Å². The Labute approximate surface area is 177 Å². The van der Waals surface area contributed by atoms with E-state index in [0.29, 0.717) is 25.3 Å². The number of nitrogens with one attached hydrogen (secondary N) is 1. The smallest absolute Gasteiger partial charge is 0.278 e. The van der Waals surface area contributed by atoms with Crippen molar-refractivity contribution >= 4 is 13.4 Å². The molecule has 0 spiro atoms. The molecule has 1 aromatic rings. The van der Waals surface area contributed by atoms with Crippen molar-refractivity contribution < 1.29 is 13.9 Å². The molecule has 1 fully saturated rings. The predicted molar refractivity (Wildman–Crippen MR) is 121 cm³/mol. The molecule has 0 bridgehead atoms. The first-order valence-corrected chi connectivity index (χ1v) is 12.5. The molecular formula is C23H39N2O3P. The van der Waals surface area contributed by atoms with Crippen LogP contribution in [-0.2, 0) is 9.09 Å². The zero-order valence-corrected chi connectivity index (χ0v) is 19.9. The molecular weight excluding hydrogens is 383 g/mol. The predicted octanol–water partition coefficient (Wildman–Crippen LogP) is 5.72. The monoisotopic (exact) mass is 422 g/mol. The van der Waals surface area contributed by atoms with Gasteiger partial charge in [0.05, 0.1) is 11.8 Å². The normalized spacial score (nSPS) is 19.0. The topological polar surface area (TPSA) is 58.6 Å². The van der Waals surface area contributed by atoms with Crippen LogP contribution in [0, 0.1) is 5.41 Å². The van der Waals surface area contributed by atoms with Crippen molar-refractivity contribution in [1.82, 2.24) is 9.99 Å². The number of amides is 1. The Kier molecular flexibility index (Phi) is 8.12. The van der Waals surface area contributed by atoms with Gasteiger partial charge in [-0.15, -0.1) is 0 Å². The molecule has 6 heteroatoms. The highest BCUT2D eigenvalue weighted by Crippen LogP contribution is 2.65. The summed E-state index contributed by atoms with van der Waals surface area (Å²) in [6, 6.07) is 9.40. The lowest BCUT2D eigenvalue weighted by Gasteiger charge is -2.45. The molecule has 1 N–H and O–H groups in total. The molecule has 1 unspecified atom stereocenters. The quantitative estimate of drug-likeness (QED) is 0.545. The molecule has 1 saturated heterocycles. The summed E-state index contributed by atoms with van der Waals surface area (Å²) >= 11 is 0. The van der Waals surface area contributed by atoms with Gasteiger partial charge in [0.15, 0.2) is 0 Å². The Balaban J connectivity index is 2.07. The average molecular weight is 423 g/mol. The summed E-state index contributed by atoms with van der Waals surface area (Å²) in [5.41, 5.74) is 0.638. The molecule has 164 valence electrons. The third-order valence-corrected chi connectivity index (χ3v) is 9.71. The van der Waals surface area contributed by atoms with Crippen molar-refractivity contribution in [2.24, 2.45) is 5.41 Å². The van der Waals surface area contributed by atoms with Crippen LogP contribution < -0.4 is 5.32 Å². The van der Waals surface area contributed by atoms with Crippen LogP contribution in [0.2, 0.25) is 0 Å². The van der Waals surface area contributed by atoms with Crippen LogP contribution in [0.5, 0.6) is 0 Å². The number of nitrogens with zero attached hydrogens (tertiary/aromatic N) is 1. The van der Waals surface area contributed by atoms with Crippen LogP contribution >= 0.6 is 7.52 Å². The molecule has 5 nitrogen and oxygen atoms in total. The van der Waals surface area contributed by atoms with E-state index in [4.69, 9.17) is 4.52 Å². The zero-order valence-electron chi connectivity index (χ0n) is 19.0. The number of hydrogen-bond donors (Lipinski definition) is 1. The van der Waals surface area contributed by atoms with Gasteiger partial charge in [0.1, 0.15) is 0 Å². The third-order valence-electron chi connectivity index (χ3n) is 6.09. The first-order valence-electron chi connectivity index (χ1n) is 10.9. The second kappa shape index (κ2) is 9.76. The molecule has 0 saturated carbocycles. The van der Waals surface area contributed by atoms with Crippen molar-refractivity contribution in [2.75, 3.05) is 19.7 Å². The van der Waals surface area contributed by atoms with E-state index >= 15 is 0 Å². The first-order chi connectivity index (χ1) is 13.5. The van der Waals surface area contributed by atoms with Crippen LogP contribution in [0.1, 0.15) is 77.6 Å². The molecule has 0 aromatic heterocycles. The van der Waals surface area contributed by atoms with E-state index in [1.807, 2.05) is 30.3 Å². The van der Waals surface area contributed by atoms with Gasteiger partial charge < -0.3 is 9.84 Å². The van der Waals surface area contributed by atoms with Crippen molar-refractivity contribution in [3.63, 3.8) is 0 Å². The van der Waals surface area contributed by atoms with Crippen molar-refractivity contribution in [3.05, 3.63) is 35.9 Å². The highest BCUT2D eigenvalue weighted by molar-refractivity contribution is 7.58. The molecule has 1 aliphatic rings. The van der Waals surface area contributed by atoms with Crippen molar-refractivity contribution in [3.8, 4) is 0 Å². The molecule has 1 atom stereocenters. The van der Waals surface area contributed by atoms with E-state index in [1.54, 1.807) is 0 Å². The van der Waals surface area contributed by atoms with Gasteiger partial charge in [0.2, 0.25) is 0 Å². The van der Waals surface area contributed by atoms with Gasteiger partial charge in [0.25, 0.3) is 13.4 Å². The van der Waals surface area contributed by atoms with Crippen molar-refractivity contribution in [2.45, 2.75) is 78.4 Å². The number of carbonyl (C=O) groups is 1. The highest BCUT2D eigenvalue weighted by Gasteiger charge is 2.49. The fraction of sp³-hybridized carbons (Fsp3) is 0.696. The Morgan fingerprint density at radius 3 is 2.14 bits per heavy atom. The van der Waals surface area contributed by atoms with E-state index < -0.39 is 7.52 Å². The van der Waals surface area contributed by atoms with Gasteiger partial charge in [0, 0.05) is 24.7 Å². The molecule has 1 heterocycles. The summed E-state index contributed by atoms with van der Waals surface area (Å²) in [4.78, 5) is 12.5. The van der Waals surface area contributed by atoms with Crippen LogP contribution in [0.15, 0.2) is 30.3 Å². The van der Waals surface area contributed by atoms with Crippen LogP contribution in [0.4, 0.5) is 0 Å². The Hall–Kier alpha value is -1.16. The molecule has 0 aliphatic carbocycles. The molecule has 1 amide bonds. The Morgan fingerprint density at radius 2 is 1.66 bits per heavy atom. The van der Waals surface area contributed by atoms with E-state index in [2.05, 4.69) is 51.5 Å². The highest BCUT2D eigenvalue weighted by atomic mass is 31.2. The Morgan fingerprint density at radius 1 is 1.10 bits per heavy atom. The van der Waals surface area contributed by atoms with Crippen LogP contribution in [0.3, 0.4) is 0 Å². The van der Waals surface area contributed by atoms with E-state index in [1.165, 1.54) is 0 Å². The molecule has 0 radical (unpaired) electrons. The van der Waals surface area contributed by atoms with Crippen molar-refractivity contribution in [1.29, 1.82) is 0 Å². The second-order valence-corrected chi connectivity index (χ2v) is 12.6. The minimum absolute atomic E-state index is 0.0387. The van der Waals surface area contributed by atoms with Gasteiger partial charge in [-0.05, 0) is 50.2 Å². The lowest BCUT2D eigenvalue weighted by Crippen LogP contribution is -2.46. The second-order valence-electron chi connectivity index (χ2n) is 9.63. The summed E-state index contributed by atoms with van der Waals surface area (Å²) in [5, 5.41) is 2.77. The van der Waals surface area contributed by atoms with E-state index in [0.717, 1.165) is 25.7 Å². The number of piperidine rings is 1. The summed E-state index contributed by atoms with van der Waals surface area (Å²) < 4.78 is 22.6. The molecule has 29 heavy (non-hydrogen) atoms. The summed E-state index contributed by atoms with van der Waals surface area (Å²) in [6.07, 6.45) is 3.20. The van der Waals surface area contributed by atoms with Crippen LogP contribution in [0.25, 0.3) is 0 Å². The number of benzene rings is 1. The minimum Gasteiger partial charge on any atom is -0.349 e. The van der Waals surface area contributed by atoms with Gasteiger partial charge in [-0.1, -0.05) is 52.8 Å². The SMILES string of the molecule is CCC(C)(CC)P(=O)(OCC(C)(C)C)N1CCC(NC(=O)c2ccccc2)CC1. The Bertz CT molecular complexity index is 703.